The lowest BCUT2D eigenvalue weighted by atomic mass is 9.68. The summed E-state index contributed by atoms with van der Waals surface area (Å²) in [6.07, 6.45) is 19.9. The van der Waals surface area contributed by atoms with Gasteiger partial charge in [-0.1, -0.05) is 141 Å². The highest BCUT2D eigenvalue weighted by Crippen LogP contribution is 2.47. The number of hydrogen-bond acceptors (Lipinski definition) is 2. The summed E-state index contributed by atoms with van der Waals surface area (Å²) < 4.78 is 8.39. The van der Waals surface area contributed by atoms with E-state index in [1.807, 2.05) is 6.20 Å². The number of para-hydroxylation sites is 1. The number of rotatable bonds is 18. The van der Waals surface area contributed by atoms with E-state index in [9.17, 15) is 0 Å². The molecular formula is C36H53BN2O. The standard InChI is InChI=1S/C36H53BN2O/c1-6-7-8-9-10-11-12-13-14-17-27-39-28-26-38-34(39)36(24-19-25-37,32-22-15-16-23-33(32)40-5)31-21-18-20-30(29-31)35(2,3)4/h15-16,18,20-23,26,28-29H,6-14,17,19,24-25,27H2,1-5H3. The maximum Gasteiger partial charge on any atom is 0.123 e. The van der Waals surface area contributed by atoms with E-state index in [0.717, 1.165) is 36.5 Å². The van der Waals surface area contributed by atoms with Crippen LogP contribution in [0.2, 0.25) is 6.32 Å². The van der Waals surface area contributed by atoms with E-state index in [1.165, 1.54) is 75.3 Å². The van der Waals surface area contributed by atoms with Gasteiger partial charge in [-0.05, 0) is 35.4 Å². The fourth-order valence-electron chi connectivity index (χ4n) is 6.05. The molecule has 0 amide bonds. The summed E-state index contributed by atoms with van der Waals surface area (Å²) in [6, 6.07) is 17.6. The Labute approximate surface area is 246 Å². The molecule has 2 radical (unpaired) electrons. The van der Waals surface area contributed by atoms with Gasteiger partial charge in [0.05, 0.1) is 20.4 Å². The van der Waals surface area contributed by atoms with E-state index < -0.39 is 5.41 Å². The van der Waals surface area contributed by atoms with E-state index in [-0.39, 0.29) is 5.41 Å². The molecule has 1 atom stereocenters. The third-order valence-electron chi connectivity index (χ3n) is 8.39. The molecule has 1 aromatic heterocycles. The average molecular weight is 541 g/mol. The predicted molar refractivity (Wildman–Crippen MR) is 172 cm³/mol. The second-order valence-corrected chi connectivity index (χ2v) is 12.5. The highest BCUT2D eigenvalue weighted by atomic mass is 16.5. The molecule has 3 nitrogen and oxygen atoms in total. The first-order chi connectivity index (χ1) is 19.4. The largest absolute Gasteiger partial charge is 0.496 e. The first-order valence-electron chi connectivity index (χ1n) is 15.8. The number of ether oxygens (including phenoxy) is 1. The van der Waals surface area contributed by atoms with Gasteiger partial charge in [0, 0.05) is 24.5 Å². The maximum atomic E-state index is 6.17. The fraction of sp³-hybridized carbons (Fsp3) is 0.583. The third kappa shape index (κ3) is 8.27. The molecule has 0 bridgehead atoms. The van der Waals surface area contributed by atoms with Crippen LogP contribution in [0.1, 0.15) is 127 Å². The Morgan fingerprint density at radius 2 is 1.45 bits per heavy atom. The minimum absolute atomic E-state index is 0.0435. The van der Waals surface area contributed by atoms with Crippen LogP contribution in [0.25, 0.3) is 0 Å². The van der Waals surface area contributed by atoms with Crippen LogP contribution in [0.15, 0.2) is 60.9 Å². The minimum atomic E-state index is -0.463. The number of methoxy groups -OCH3 is 1. The van der Waals surface area contributed by atoms with Crippen molar-refractivity contribution >= 4 is 7.85 Å². The van der Waals surface area contributed by atoms with Crippen LogP contribution in [0, 0.1) is 0 Å². The number of unbranched alkanes of at least 4 members (excludes halogenated alkanes) is 9. The number of benzene rings is 2. The zero-order valence-electron chi connectivity index (χ0n) is 26.1. The van der Waals surface area contributed by atoms with Crippen LogP contribution in [0.3, 0.4) is 0 Å². The Morgan fingerprint density at radius 1 is 0.800 bits per heavy atom. The molecule has 1 heterocycles. The Balaban J connectivity index is 1.92. The van der Waals surface area contributed by atoms with E-state index >= 15 is 0 Å². The van der Waals surface area contributed by atoms with Gasteiger partial charge in [-0.25, -0.2) is 4.98 Å². The first-order valence-corrected chi connectivity index (χ1v) is 15.8. The van der Waals surface area contributed by atoms with Crippen molar-refractivity contribution in [1.82, 2.24) is 9.55 Å². The number of aryl methyl sites for hydroxylation is 1. The van der Waals surface area contributed by atoms with Gasteiger partial charge < -0.3 is 9.30 Å². The summed E-state index contributed by atoms with van der Waals surface area (Å²) >= 11 is 0. The molecule has 0 aliphatic rings. The molecule has 0 aliphatic carbocycles. The van der Waals surface area contributed by atoms with Crippen molar-refractivity contribution in [2.24, 2.45) is 0 Å². The molecule has 40 heavy (non-hydrogen) atoms. The van der Waals surface area contributed by atoms with Crippen molar-refractivity contribution in [1.29, 1.82) is 0 Å². The van der Waals surface area contributed by atoms with E-state index in [4.69, 9.17) is 17.6 Å². The molecule has 0 fully saturated rings. The van der Waals surface area contributed by atoms with Gasteiger partial charge >= 0.3 is 0 Å². The zero-order chi connectivity index (χ0) is 28.8. The van der Waals surface area contributed by atoms with E-state index in [0.29, 0.717) is 6.32 Å². The van der Waals surface area contributed by atoms with Gasteiger partial charge in [-0.3, -0.25) is 0 Å². The number of nitrogens with zero attached hydrogens (tertiary/aromatic N) is 2. The van der Waals surface area contributed by atoms with Crippen LogP contribution >= 0.6 is 0 Å². The zero-order valence-corrected chi connectivity index (χ0v) is 26.1. The SMILES string of the molecule is [B]CCCC(c1cccc(C(C)(C)C)c1)(c1ccccc1OC)c1nccn1CCCCCCCCCCCC. The van der Waals surface area contributed by atoms with Gasteiger partial charge in [-0.15, -0.1) is 0 Å². The van der Waals surface area contributed by atoms with Gasteiger partial charge in [0.15, 0.2) is 0 Å². The minimum Gasteiger partial charge on any atom is -0.496 e. The van der Waals surface area contributed by atoms with Crippen molar-refractivity contribution < 1.29 is 4.74 Å². The number of aromatic nitrogens is 2. The van der Waals surface area contributed by atoms with Crippen LogP contribution < -0.4 is 4.74 Å². The van der Waals surface area contributed by atoms with Crippen molar-refractivity contribution in [3.63, 3.8) is 0 Å². The molecule has 0 saturated heterocycles. The maximum absolute atomic E-state index is 6.17. The molecule has 216 valence electrons. The molecule has 0 N–H and O–H groups in total. The third-order valence-corrected chi connectivity index (χ3v) is 8.39. The highest BCUT2D eigenvalue weighted by Gasteiger charge is 2.42. The Hall–Kier alpha value is -2.49. The molecule has 3 rings (SSSR count). The van der Waals surface area contributed by atoms with E-state index in [1.54, 1.807) is 7.11 Å². The highest BCUT2D eigenvalue weighted by molar-refractivity contribution is 6.08. The van der Waals surface area contributed by atoms with Gasteiger partial charge in [0.1, 0.15) is 11.6 Å². The second-order valence-electron chi connectivity index (χ2n) is 12.5. The fourth-order valence-corrected chi connectivity index (χ4v) is 6.05. The summed E-state index contributed by atoms with van der Waals surface area (Å²) in [5, 5.41) is 0. The van der Waals surface area contributed by atoms with Crippen LogP contribution in [0.5, 0.6) is 5.75 Å². The topological polar surface area (TPSA) is 27.1 Å². The lowest BCUT2D eigenvalue weighted by Gasteiger charge is -2.37. The van der Waals surface area contributed by atoms with Crippen LogP contribution in [-0.4, -0.2) is 24.5 Å². The summed E-state index contributed by atoms with van der Waals surface area (Å²) in [4.78, 5) is 5.09. The smallest absolute Gasteiger partial charge is 0.123 e. The van der Waals surface area contributed by atoms with Gasteiger partial charge in [0.2, 0.25) is 0 Å². The molecule has 1 unspecified atom stereocenters. The summed E-state index contributed by atoms with van der Waals surface area (Å²) in [7, 11) is 7.94. The number of imidazole rings is 1. The molecule has 0 aliphatic heterocycles. The Kier molecular flexibility index (Phi) is 12.9. The number of hydrogen-bond donors (Lipinski definition) is 0. The van der Waals surface area contributed by atoms with Gasteiger partial charge in [-0.2, -0.15) is 0 Å². The molecule has 3 aromatic rings. The average Bonchev–Trinajstić information content (AvgIpc) is 3.43. The van der Waals surface area contributed by atoms with Crippen molar-refractivity contribution in [2.75, 3.05) is 7.11 Å². The lowest BCUT2D eigenvalue weighted by molar-refractivity contribution is 0.389. The van der Waals surface area contributed by atoms with Crippen molar-refractivity contribution in [3.05, 3.63) is 83.4 Å². The van der Waals surface area contributed by atoms with Crippen LogP contribution in [0.4, 0.5) is 0 Å². The van der Waals surface area contributed by atoms with Crippen LogP contribution in [-0.2, 0) is 17.4 Å². The first kappa shape index (κ1) is 32.0. The molecular weight excluding hydrogens is 487 g/mol. The van der Waals surface area contributed by atoms with Gasteiger partial charge in [0.25, 0.3) is 0 Å². The molecule has 0 saturated carbocycles. The second kappa shape index (κ2) is 16.1. The molecule has 2 aromatic carbocycles. The quantitative estimate of drug-likeness (QED) is 0.119. The normalized spacial score (nSPS) is 13.3. The Bertz CT molecular complexity index is 1130. The summed E-state index contributed by atoms with van der Waals surface area (Å²) in [5.74, 6) is 1.99. The molecule has 4 heteroatoms. The van der Waals surface area contributed by atoms with Crippen molar-refractivity contribution in [2.45, 2.75) is 128 Å². The predicted octanol–water partition coefficient (Wildman–Crippen LogP) is 9.81. The van der Waals surface area contributed by atoms with Crippen molar-refractivity contribution in [3.8, 4) is 5.75 Å². The summed E-state index contributed by atoms with van der Waals surface area (Å²) in [6.45, 7) is 10.1. The van der Waals surface area contributed by atoms with E-state index in [2.05, 4.69) is 87.0 Å². The summed E-state index contributed by atoms with van der Waals surface area (Å²) in [5.41, 5.74) is 3.32. The lowest BCUT2D eigenvalue weighted by Crippen LogP contribution is -2.34. The molecule has 0 spiro atoms. The Morgan fingerprint density at radius 3 is 2.10 bits per heavy atom. The monoisotopic (exact) mass is 540 g/mol.